The Labute approximate surface area is 138 Å². The number of aryl methyl sites for hydroxylation is 1. The normalized spacial score (nSPS) is 24.9. The molecule has 0 bridgehead atoms. The van der Waals surface area contributed by atoms with Crippen LogP contribution in [-0.4, -0.2) is 46.4 Å². The Morgan fingerprint density at radius 3 is 2.78 bits per heavy atom. The van der Waals surface area contributed by atoms with E-state index in [1.165, 1.54) is 11.3 Å². The van der Waals surface area contributed by atoms with Crippen molar-refractivity contribution >= 4 is 5.91 Å². The lowest BCUT2D eigenvalue weighted by Crippen LogP contribution is -2.59. The number of primary amides is 1. The summed E-state index contributed by atoms with van der Waals surface area (Å²) in [5.74, 6) is -0.188. The lowest BCUT2D eigenvalue weighted by atomic mass is 9.67. The van der Waals surface area contributed by atoms with Crippen LogP contribution in [0, 0.1) is 12.3 Å². The summed E-state index contributed by atoms with van der Waals surface area (Å²) < 4.78 is 7.53. The van der Waals surface area contributed by atoms with E-state index in [0.29, 0.717) is 0 Å². The van der Waals surface area contributed by atoms with Gasteiger partial charge in [0.15, 0.2) is 0 Å². The van der Waals surface area contributed by atoms with Crippen molar-refractivity contribution in [3.63, 3.8) is 0 Å². The van der Waals surface area contributed by atoms with Crippen molar-refractivity contribution in [2.45, 2.75) is 58.7 Å². The van der Waals surface area contributed by atoms with Gasteiger partial charge in [0, 0.05) is 37.6 Å². The van der Waals surface area contributed by atoms with Gasteiger partial charge in [-0.2, -0.15) is 5.10 Å². The molecule has 1 unspecified atom stereocenters. The van der Waals surface area contributed by atoms with Gasteiger partial charge in [0.05, 0.1) is 12.2 Å². The Morgan fingerprint density at radius 2 is 2.17 bits per heavy atom. The molecule has 0 aliphatic carbocycles. The molecule has 0 radical (unpaired) electrons. The zero-order chi connectivity index (χ0) is 16.4. The number of likely N-dealkylation sites (tertiary alicyclic amines) is 1. The molecule has 1 spiro atoms. The van der Waals surface area contributed by atoms with Gasteiger partial charge < -0.3 is 10.5 Å². The molecule has 2 fully saturated rings. The molecule has 0 aromatic carbocycles. The number of aromatic nitrogens is 2. The van der Waals surface area contributed by atoms with E-state index in [1.54, 1.807) is 0 Å². The van der Waals surface area contributed by atoms with Crippen LogP contribution in [0.1, 0.15) is 43.9 Å². The minimum Gasteiger partial charge on any atom is -0.381 e. The van der Waals surface area contributed by atoms with Gasteiger partial charge >= 0.3 is 0 Å². The fraction of sp³-hybridized carbons (Fsp3) is 0.765. The van der Waals surface area contributed by atoms with Crippen LogP contribution < -0.4 is 5.73 Å². The molecule has 1 aromatic rings. The second-order valence-electron chi connectivity index (χ2n) is 6.92. The number of hydrogen-bond donors (Lipinski definition) is 1. The van der Waals surface area contributed by atoms with Gasteiger partial charge in [0.1, 0.15) is 0 Å². The summed E-state index contributed by atoms with van der Waals surface area (Å²) >= 11 is 0. The van der Waals surface area contributed by atoms with Crippen molar-refractivity contribution in [2.24, 2.45) is 11.1 Å². The molecule has 2 N–H and O–H groups in total. The summed E-state index contributed by atoms with van der Waals surface area (Å²) in [5.41, 5.74) is 8.22. The van der Waals surface area contributed by atoms with Crippen LogP contribution in [0.4, 0.5) is 0 Å². The van der Waals surface area contributed by atoms with Crippen molar-refractivity contribution in [2.75, 3.05) is 19.8 Å². The number of rotatable bonds is 4. The van der Waals surface area contributed by atoms with Gasteiger partial charge in [-0.05, 0) is 51.5 Å². The first-order valence-electron chi connectivity index (χ1n) is 8.70. The predicted octanol–water partition coefficient (Wildman–Crippen LogP) is 1.46. The first-order valence-corrected chi connectivity index (χ1v) is 8.70. The average Bonchev–Trinajstić information content (AvgIpc) is 2.88. The second kappa shape index (κ2) is 6.61. The summed E-state index contributed by atoms with van der Waals surface area (Å²) in [7, 11) is 0. The van der Waals surface area contributed by atoms with Crippen LogP contribution in [0.25, 0.3) is 0 Å². The van der Waals surface area contributed by atoms with E-state index in [9.17, 15) is 4.79 Å². The summed E-state index contributed by atoms with van der Waals surface area (Å²) in [6.45, 7) is 8.21. The van der Waals surface area contributed by atoms with Crippen molar-refractivity contribution in [3.8, 4) is 0 Å². The molecule has 1 amide bonds. The molecule has 6 nitrogen and oxygen atoms in total. The molecule has 6 heteroatoms. The van der Waals surface area contributed by atoms with E-state index in [0.717, 1.165) is 58.5 Å². The number of piperidine rings is 1. The van der Waals surface area contributed by atoms with Gasteiger partial charge in [-0.15, -0.1) is 0 Å². The number of amides is 1. The first-order chi connectivity index (χ1) is 11.1. The molecule has 2 aliphatic heterocycles. The standard InChI is InChI=1S/C17H28N4O2/c1-3-21-13(2)14(11-19-21)12-20-8-4-5-17(15(20)16(18)22)6-9-23-10-7-17/h11,15H,3-10,12H2,1-2H3,(H2,18,22). The number of nitrogens with zero attached hydrogens (tertiary/aromatic N) is 3. The fourth-order valence-electron chi connectivity index (χ4n) is 4.42. The third-order valence-corrected chi connectivity index (χ3v) is 5.70. The minimum atomic E-state index is -0.190. The molecule has 3 heterocycles. The van der Waals surface area contributed by atoms with E-state index in [2.05, 4.69) is 23.8 Å². The van der Waals surface area contributed by atoms with Crippen molar-refractivity contribution in [1.82, 2.24) is 14.7 Å². The molecule has 1 aromatic heterocycles. The van der Waals surface area contributed by atoms with Crippen LogP contribution >= 0.6 is 0 Å². The Morgan fingerprint density at radius 1 is 1.43 bits per heavy atom. The summed E-state index contributed by atoms with van der Waals surface area (Å²) in [6.07, 6.45) is 6.00. The molecule has 1 atom stereocenters. The lowest BCUT2D eigenvalue weighted by molar-refractivity contribution is -0.138. The molecule has 2 aliphatic rings. The van der Waals surface area contributed by atoms with E-state index in [4.69, 9.17) is 10.5 Å². The van der Waals surface area contributed by atoms with E-state index in [1.807, 2.05) is 10.9 Å². The second-order valence-corrected chi connectivity index (χ2v) is 6.92. The van der Waals surface area contributed by atoms with Gasteiger partial charge in [0.2, 0.25) is 5.91 Å². The van der Waals surface area contributed by atoms with Gasteiger partial charge in [0.25, 0.3) is 0 Å². The van der Waals surface area contributed by atoms with Crippen molar-refractivity contribution in [1.29, 1.82) is 0 Å². The number of hydrogen-bond acceptors (Lipinski definition) is 4. The third kappa shape index (κ3) is 3.02. The monoisotopic (exact) mass is 320 g/mol. The molecule has 23 heavy (non-hydrogen) atoms. The SMILES string of the molecule is CCn1ncc(CN2CCCC3(CCOCC3)C2C(N)=O)c1C. The average molecular weight is 320 g/mol. The number of carbonyl (C=O) groups is 1. The summed E-state index contributed by atoms with van der Waals surface area (Å²) in [6, 6.07) is -0.190. The number of nitrogens with two attached hydrogens (primary N) is 1. The van der Waals surface area contributed by atoms with Gasteiger partial charge in [-0.25, -0.2) is 0 Å². The van der Waals surface area contributed by atoms with Crippen molar-refractivity contribution in [3.05, 3.63) is 17.5 Å². The Kier molecular flexibility index (Phi) is 4.73. The molecular weight excluding hydrogens is 292 g/mol. The van der Waals surface area contributed by atoms with E-state index in [-0.39, 0.29) is 17.4 Å². The summed E-state index contributed by atoms with van der Waals surface area (Å²) in [5, 5.41) is 4.43. The highest BCUT2D eigenvalue weighted by molar-refractivity contribution is 5.81. The first kappa shape index (κ1) is 16.5. The highest BCUT2D eigenvalue weighted by atomic mass is 16.5. The topological polar surface area (TPSA) is 73.4 Å². The molecule has 0 saturated carbocycles. The van der Waals surface area contributed by atoms with Crippen LogP contribution in [0.5, 0.6) is 0 Å². The maximum Gasteiger partial charge on any atom is 0.235 e. The van der Waals surface area contributed by atoms with Gasteiger partial charge in [-0.3, -0.25) is 14.4 Å². The van der Waals surface area contributed by atoms with Gasteiger partial charge in [-0.1, -0.05) is 0 Å². The fourth-order valence-corrected chi connectivity index (χ4v) is 4.42. The minimum absolute atomic E-state index is 0.00299. The van der Waals surface area contributed by atoms with Crippen molar-refractivity contribution < 1.29 is 9.53 Å². The molecule has 2 saturated heterocycles. The maximum absolute atomic E-state index is 12.3. The molecule has 128 valence electrons. The molecular formula is C17H28N4O2. The smallest absolute Gasteiger partial charge is 0.235 e. The zero-order valence-electron chi connectivity index (χ0n) is 14.3. The number of ether oxygens (including phenoxy) is 1. The van der Waals surface area contributed by atoms with E-state index >= 15 is 0 Å². The Balaban J connectivity index is 1.84. The number of carbonyl (C=O) groups excluding carboxylic acids is 1. The highest BCUT2D eigenvalue weighted by Gasteiger charge is 2.48. The summed E-state index contributed by atoms with van der Waals surface area (Å²) in [4.78, 5) is 14.6. The Hall–Kier alpha value is -1.40. The predicted molar refractivity (Wildman–Crippen MR) is 87.8 cm³/mol. The zero-order valence-corrected chi connectivity index (χ0v) is 14.3. The third-order valence-electron chi connectivity index (χ3n) is 5.70. The van der Waals surface area contributed by atoms with Crippen LogP contribution in [0.15, 0.2) is 6.20 Å². The lowest BCUT2D eigenvalue weighted by Gasteiger charge is -2.50. The quantitative estimate of drug-likeness (QED) is 0.911. The Bertz CT molecular complexity index is 557. The van der Waals surface area contributed by atoms with Crippen LogP contribution in [-0.2, 0) is 22.6 Å². The van der Waals surface area contributed by atoms with Crippen LogP contribution in [0.3, 0.4) is 0 Å². The molecule has 3 rings (SSSR count). The largest absolute Gasteiger partial charge is 0.381 e. The highest BCUT2D eigenvalue weighted by Crippen LogP contribution is 2.44. The van der Waals surface area contributed by atoms with Crippen LogP contribution in [0.2, 0.25) is 0 Å². The maximum atomic E-state index is 12.3. The van der Waals surface area contributed by atoms with E-state index < -0.39 is 0 Å².